The van der Waals surface area contributed by atoms with Crippen molar-refractivity contribution in [3.8, 4) is 56.4 Å². The summed E-state index contributed by atoms with van der Waals surface area (Å²) in [7, 11) is 0. The van der Waals surface area contributed by atoms with Crippen molar-refractivity contribution < 1.29 is 8.83 Å². The largest absolute Gasteiger partial charge is 0.456 e. The van der Waals surface area contributed by atoms with Crippen LogP contribution in [0.15, 0.2) is 143 Å². The highest BCUT2D eigenvalue weighted by Gasteiger charge is 2.24. The monoisotopic (exact) mass is 614 g/mol. The molecule has 0 aliphatic heterocycles. The lowest BCUT2D eigenvalue weighted by molar-refractivity contribution is 0.667. The Hall–Kier alpha value is -6.66. The van der Waals surface area contributed by atoms with Gasteiger partial charge in [0.05, 0.1) is 6.20 Å². The zero-order valence-electron chi connectivity index (χ0n) is 25.3. The fraction of sp³-hybridized carbons (Fsp3) is 0. The van der Waals surface area contributed by atoms with Gasteiger partial charge in [0.25, 0.3) is 0 Å². The van der Waals surface area contributed by atoms with E-state index in [1.54, 1.807) is 6.20 Å². The van der Waals surface area contributed by atoms with Crippen LogP contribution in [0.2, 0.25) is 0 Å². The van der Waals surface area contributed by atoms with Gasteiger partial charge >= 0.3 is 0 Å². The average molecular weight is 615 g/mol. The van der Waals surface area contributed by atoms with Crippen LogP contribution in [-0.2, 0) is 0 Å². The number of aromatic nitrogens is 4. The van der Waals surface area contributed by atoms with Crippen LogP contribution in [0.4, 0.5) is 0 Å². The molecule has 1 aliphatic rings. The molecular formula is C42H22N4O2. The molecule has 0 N–H and O–H groups in total. The lowest BCUT2D eigenvalue weighted by atomic mass is 9.99. The van der Waals surface area contributed by atoms with Gasteiger partial charge in [-0.15, -0.1) is 0 Å². The molecule has 0 radical (unpaired) electrons. The minimum absolute atomic E-state index is 0.523. The topological polar surface area (TPSA) is 77.8 Å². The number of rotatable bonds is 3. The van der Waals surface area contributed by atoms with Gasteiger partial charge < -0.3 is 8.83 Å². The van der Waals surface area contributed by atoms with Gasteiger partial charge in [-0.25, -0.2) is 15.0 Å². The number of fused-ring (bicyclic) bond motifs is 9. The first-order valence-electron chi connectivity index (χ1n) is 15.9. The molecular weight excluding hydrogens is 592 g/mol. The van der Waals surface area contributed by atoms with Crippen LogP contribution in [-0.4, -0.2) is 19.9 Å². The van der Waals surface area contributed by atoms with Gasteiger partial charge in [-0.3, -0.25) is 4.98 Å². The van der Waals surface area contributed by atoms with Crippen molar-refractivity contribution in [1.82, 2.24) is 19.9 Å². The standard InChI is InChI=1S/C42H22N4O2/c1-2-11-26-25(10-1)27-14-7-9-23-19-24(20-31(26)37(23)27)40-44-41(30-15-8-18-35-38(30)28-12-3-5-16-33(28)47-35)46-42(45-40)32-21-43-22-36-39(32)29-13-4-6-17-34(29)48-36/h1-22H. The predicted molar refractivity (Wildman–Crippen MR) is 190 cm³/mol. The first-order valence-corrected chi connectivity index (χ1v) is 15.9. The Morgan fingerprint density at radius 1 is 0.375 bits per heavy atom. The van der Waals surface area contributed by atoms with Crippen molar-refractivity contribution >= 4 is 54.6 Å². The molecule has 0 fully saturated rings. The summed E-state index contributed by atoms with van der Waals surface area (Å²) in [6.07, 6.45) is 3.57. The molecule has 1 aliphatic carbocycles. The molecule has 4 heterocycles. The average Bonchev–Trinajstić information content (AvgIpc) is 3.82. The summed E-state index contributed by atoms with van der Waals surface area (Å²) < 4.78 is 12.5. The second kappa shape index (κ2) is 9.44. The number of para-hydroxylation sites is 2. The van der Waals surface area contributed by atoms with E-state index in [2.05, 4.69) is 77.8 Å². The smallest absolute Gasteiger partial charge is 0.166 e. The number of benzene rings is 6. The molecule has 0 saturated heterocycles. The molecule has 48 heavy (non-hydrogen) atoms. The van der Waals surface area contributed by atoms with Gasteiger partial charge in [0, 0.05) is 44.4 Å². The Morgan fingerprint density at radius 3 is 1.77 bits per heavy atom. The van der Waals surface area contributed by atoms with E-state index in [4.69, 9.17) is 23.8 Å². The van der Waals surface area contributed by atoms with Crippen molar-refractivity contribution in [3.63, 3.8) is 0 Å². The molecule has 6 heteroatoms. The van der Waals surface area contributed by atoms with Gasteiger partial charge in [0.15, 0.2) is 23.1 Å². The Balaban J connectivity index is 1.23. The second-order valence-electron chi connectivity index (χ2n) is 12.2. The van der Waals surface area contributed by atoms with Gasteiger partial charge in [0.1, 0.15) is 16.7 Å². The number of furan rings is 2. The molecule has 11 rings (SSSR count). The summed E-state index contributed by atoms with van der Waals surface area (Å²) in [6.45, 7) is 0. The Kier molecular flexibility index (Phi) is 5.02. The maximum Gasteiger partial charge on any atom is 0.166 e. The minimum Gasteiger partial charge on any atom is -0.456 e. The Morgan fingerprint density at radius 2 is 0.958 bits per heavy atom. The van der Waals surface area contributed by atoms with Crippen LogP contribution >= 0.6 is 0 Å². The van der Waals surface area contributed by atoms with Crippen LogP contribution < -0.4 is 0 Å². The van der Waals surface area contributed by atoms with E-state index >= 15 is 0 Å². The van der Waals surface area contributed by atoms with E-state index in [9.17, 15) is 0 Å². The second-order valence-corrected chi connectivity index (χ2v) is 12.2. The molecule has 6 aromatic carbocycles. The van der Waals surface area contributed by atoms with Crippen molar-refractivity contribution in [2.24, 2.45) is 0 Å². The maximum absolute atomic E-state index is 6.26. The van der Waals surface area contributed by atoms with Crippen LogP contribution in [0.1, 0.15) is 0 Å². The normalized spacial score (nSPS) is 12.2. The van der Waals surface area contributed by atoms with Crippen LogP contribution in [0, 0.1) is 0 Å². The third kappa shape index (κ3) is 3.51. The fourth-order valence-corrected chi connectivity index (χ4v) is 7.50. The molecule has 0 unspecified atom stereocenters. The van der Waals surface area contributed by atoms with E-state index in [0.717, 1.165) is 60.4 Å². The third-order valence-corrected chi connectivity index (χ3v) is 9.55. The van der Waals surface area contributed by atoms with E-state index < -0.39 is 0 Å². The third-order valence-electron chi connectivity index (χ3n) is 9.55. The highest BCUT2D eigenvalue weighted by Crippen LogP contribution is 2.48. The van der Waals surface area contributed by atoms with Crippen molar-refractivity contribution in [2.75, 3.05) is 0 Å². The minimum atomic E-state index is 0.523. The Bertz CT molecular complexity index is 2840. The zero-order chi connectivity index (χ0) is 31.3. The summed E-state index contributed by atoms with van der Waals surface area (Å²) >= 11 is 0. The molecule has 0 spiro atoms. The molecule has 10 aromatic rings. The molecule has 0 amide bonds. The molecule has 0 bridgehead atoms. The summed E-state index contributed by atoms with van der Waals surface area (Å²) in [5.74, 6) is 1.66. The number of pyridine rings is 1. The van der Waals surface area contributed by atoms with Gasteiger partial charge in [0.2, 0.25) is 0 Å². The number of nitrogens with zero attached hydrogens (tertiary/aromatic N) is 4. The van der Waals surface area contributed by atoms with Crippen LogP contribution in [0.5, 0.6) is 0 Å². The SMILES string of the molecule is c1ccc2c(c1)-c1cccc3cc(-c4nc(-c5cccc6oc7ccccc7c56)nc(-c5cncc6oc7ccccc7c56)n4)cc-2c13. The fourth-order valence-electron chi connectivity index (χ4n) is 7.50. The predicted octanol–water partition coefficient (Wildman–Crippen LogP) is 10.9. The van der Waals surface area contributed by atoms with E-state index in [1.165, 1.54) is 27.6 Å². The lowest BCUT2D eigenvalue weighted by Gasteiger charge is -2.11. The maximum atomic E-state index is 6.26. The number of hydrogen-bond donors (Lipinski definition) is 0. The summed E-state index contributed by atoms with van der Waals surface area (Å²) in [5, 5.41) is 6.29. The van der Waals surface area contributed by atoms with Crippen molar-refractivity contribution in [2.45, 2.75) is 0 Å². The molecule has 6 nitrogen and oxygen atoms in total. The zero-order valence-corrected chi connectivity index (χ0v) is 25.3. The first kappa shape index (κ1) is 25.5. The summed E-state index contributed by atoms with van der Waals surface area (Å²) in [4.78, 5) is 20.1. The highest BCUT2D eigenvalue weighted by molar-refractivity contribution is 6.17. The molecule has 4 aromatic heterocycles. The lowest BCUT2D eigenvalue weighted by Crippen LogP contribution is -2.01. The van der Waals surface area contributed by atoms with Crippen LogP contribution in [0.3, 0.4) is 0 Å². The molecule has 0 atom stereocenters. The molecule has 222 valence electrons. The first-order chi connectivity index (χ1) is 23.8. The number of hydrogen-bond acceptors (Lipinski definition) is 6. The quantitative estimate of drug-likeness (QED) is 0.197. The van der Waals surface area contributed by atoms with E-state index in [0.29, 0.717) is 23.1 Å². The van der Waals surface area contributed by atoms with Gasteiger partial charge in [-0.2, -0.15) is 0 Å². The van der Waals surface area contributed by atoms with Gasteiger partial charge in [-0.05, 0) is 63.4 Å². The summed E-state index contributed by atoms with van der Waals surface area (Å²) in [5.41, 5.74) is 10.5. The van der Waals surface area contributed by atoms with Gasteiger partial charge in [-0.1, -0.05) is 91.0 Å². The molecule has 0 saturated carbocycles. The Labute approximate surface area is 273 Å². The highest BCUT2D eigenvalue weighted by atomic mass is 16.3. The summed E-state index contributed by atoms with van der Waals surface area (Å²) in [6, 6.07) is 41.6. The van der Waals surface area contributed by atoms with Crippen molar-refractivity contribution in [1.29, 1.82) is 0 Å². The van der Waals surface area contributed by atoms with E-state index in [-0.39, 0.29) is 0 Å². The van der Waals surface area contributed by atoms with Crippen LogP contribution in [0.25, 0.3) is 111 Å². The van der Waals surface area contributed by atoms with E-state index in [1.807, 2.05) is 54.7 Å². The van der Waals surface area contributed by atoms with Crippen molar-refractivity contribution in [3.05, 3.63) is 134 Å².